The molecule has 50 heavy (non-hydrogen) atoms. The fourth-order valence-corrected chi connectivity index (χ4v) is 6.53. The van der Waals surface area contributed by atoms with Gasteiger partial charge in [0.1, 0.15) is 16.9 Å². The van der Waals surface area contributed by atoms with Crippen LogP contribution in [0.5, 0.6) is 11.5 Å². The van der Waals surface area contributed by atoms with E-state index in [1.807, 2.05) is 154 Å². The molecule has 250 valence electrons. The first-order valence-electron chi connectivity index (χ1n) is 16.8. The third-order valence-corrected chi connectivity index (χ3v) is 9.76. The minimum atomic E-state index is -1.23. The van der Waals surface area contributed by atoms with Crippen LogP contribution in [-0.2, 0) is 5.41 Å². The molecule has 0 spiro atoms. The predicted molar refractivity (Wildman–Crippen MR) is 198 cm³/mol. The van der Waals surface area contributed by atoms with Crippen LogP contribution < -0.4 is 4.74 Å². The van der Waals surface area contributed by atoms with Crippen molar-refractivity contribution in [1.82, 2.24) is 0 Å². The maximum absolute atomic E-state index is 14.3. The van der Waals surface area contributed by atoms with Crippen LogP contribution in [0.3, 0.4) is 0 Å². The van der Waals surface area contributed by atoms with Gasteiger partial charge in [0.2, 0.25) is 0 Å². The van der Waals surface area contributed by atoms with Crippen molar-refractivity contribution in [2.75, 3.05) is 0 Å². The van der Waals surface area contributed by atoms with Crippen LogP contribution in [0.1, 0.15) is 93.6 Å². The molecule has 0 bridgehead atoms. The standard InChI is InChI=1S/C45H40O5/c1-29(31-17-9-5-10-18-31)34-25-37(30(2)32-19-11-6-12-20-32)41(46)39(26-34)44(49)50-42-38(33-21-13-7-14-22-33)27-36(28-40(42)43(47)48)45(3,4)35-23-15-8-16-24-35/h5-30,46H,1-4H3,(H,47,48). The molecule has 2 unspecified atom stereocenters. The number of phenols is 1. The summed E-state index contributed by atoms with van der Waals surface area (Å²) < 4.78 is 6.13. The minimum absolute atomic E-state index is 0.0351. The van der Waals surface area contributed by atoms with E-state index in [4.69, 9.17) is 4.74 Å². The predicted octanol–water partition coefficient (Wildman–Crippen LogP) is 10.6. The number of benzene rings is 6. The Morgan fingerprint density at radius 3 is 1.68 bits per heavy atom. The maximum Gasteiger partial charge on any atom is 0.347 e. The SMILES string of the molecule is CC(c1ccccc1)c1cc(C(=O)Oc2c(C(=O)O)cc(C(C)(C)c3ccccc3)cc2-c2ccccc2)c(O)c(C(C)c2ccccc2)c1. The van der Waals surface area contributed by atoms with E-state index in [0.717, 1.165) is 27.8 Å². The molecule has 6 aromatic carbocycles. The lowest BCUT2D eigenvalue weighted by molar-refractivity contribution is 0.0681. The van der Waals surface area contributed by atoms with Gasteiger partial charge in [-0.05, 0) is 51.6 Å². The quantitative estimate of drug-likeness (QED) is 0.113. The third-order valence-electron chi connectivity index (χ3n) is 9.76. The van der Waals surface area contributed by atoms with E-state index in [1.165, 1.54) is 0 Å². The molecule has 6 rings (SSSR count). The molecular formula is C45H40O5. The first kappa shape index (κ1) is 33.9. The summed E-state index contributed by atoms with van der Waals surface area (Å²) in [5, 5.41) is 22.4. The number of phenolic OH excluding ortho intramolecular Hbond substituents is 1. The Kier molecular flexibility index (Phi) is 9.69. The van der Waals surface area contributed by atoms with Crippen molar-refractivity contribution in [3.8, 4) is 22.6 Å². The van der Waals surface area contributed by atoms with E-state index < -0.39 is 17.4 Å². The Labute approximate surface area is 293 Å². The summed E-state index contributed by atoms with van der Waals surface area (Å²) >= 11 is 0. The van der Waals surface area contributed by atoms with Crippen molar-refractivity contribution in [3.05, 3.63) is 190 Å². The molecule has 0 amide bonds. The Morgan fingerprint density at radius 1 is 0.600 bits per heavy atom. The number of rotatable bonds is 10. The van der Waals surface area contributed by atoms with Crippen LogP contribution in [0.25, 0.3) is 11.1 Å². The van der Waals surface area contributed by atoms with E-state index in [9.17, 15) is 19.8 Å². The monoisotopic (exact) mass is 660 g/mol. The topological polar surface area (TPSA) is 83.8 Å². The zero-order chi connectivity index (χ0) is 35.4. The van der Waals surface area contributed by atoms with Crippen molar-refractivity contribution >= 4 is 11.9 Å². The highest BCUT2D eigenvalue weighted by Crippen LogP contribution is 2.43. The normalized spacial score (nSPS) is 12.6. The van der Waals surface area contributed by atoms with Crippen molar-refractivity contribution < 1.29 is 24.5 Å². The second kappa shape index (κ2) is 14.3. The molecule has 0 heterocycles. The Balaban J connectivity index is 1.51. The number of hydrogen-bond donors (Lipinski definition) is 2. The van der Waals surface area contributed by atoms with Crippen LogP contribution in [0.2, 0.25) is 0 Å². The summed E-state index contributed by atoms with van der Waals surface area (Å²) in [7, 11) is 0. The van der Waals surface area contributed by atoms with Gasteiger partial charge >= 0.3 is 11.9 Å². The molecule has 5 nitrogen and oxygen atoms in total. The molecule has 0 fully saturated rings. The first-order valence-corrected chi connectivity index (χ1v) is 16.8. The number of esters is 1. The summed E-state index contributed by atoms with van der Waals surface area (Å²) in [5.41, 5.74) is 5.58. The zero-order valence-corrected chi connectivity index (χ0v) is 28.6. The summed E-state index contributed by atoms with van der Waals surface area (Å²) in [6.45, 7) is 8.12. The fraction of sp³-hybridized carbons (Fsp3) is 0.156. The lowest BCUT2D eigenvalue weighted by Crippen LogP contribution is -2.21. The van der Waals surface area contributed by atoms with Crippen LogP contribution in [0.4, 0.5) is 0 Å². The average Bonchev–Trinajstić information content (AvgIpc) is 3.15. The molecule has 0 aliphatic rings. The van der Waals surface area contributed by atoms with E-state index in [2.05, 4.69) is 6.92 Å². The number of hydrogen-bond acceptors (Lipinski definition) is 4. The second-order valence-corrected chi connectivity index (χ2v) is 13.2. The summed E-state index contributed by atoms with van der Waals surface area (Å²) in [4.78, 5) is 27.3. The zero-order valence-electron chi connectivity index (χ0n) is 28.6. The number of carbonyl (C=O) groups excluding carboxylic acids is 1. The largest absolute Gasteiger partial charge is 0.507 e. The van der Waals surface area contributed by atoms with Gasteiger partial charge in [0.15, 0.2) is 5.75 Å². The van der Waals surface area contributed by atoms with E-state index >= 15 is 0 Å². The lowest BCUT2D eigenvalue weighted by Gasteiger charge is -2.28. The van der Waals surface area contributed by atoms with Gasteiger partial charge in [-0.3, -0.25) is 0 Å². The molecule has 0 saturated carbocycles. The molecule has 6 aromatic rings. The first-order chi connectivity index (χ1) is 24.1. The Morgan fingerprint density at radius 2 is 1.12 bits per heavy atom. The average molecular weight is 661 g/mol. The number of carbonyl (C=O) groups is 2. The van der Waals surface area contributed by atoms with Gasteiger partial charge < -0.3 is 14.9 Å². The molecular weight excluding hydrogens is 620 g/mol. The smallest absolute Gasteiger partial charge is 0.347 e. The third kappa shape index (κ3) is 6.81. The highest BCUT2D eigenvalue weighted by atomic mass is 16.5. The van der Waals surface area contributed by atoms with Crippen molar-refractivity contribution in [2.24, 2.45) is 0 Å². The van der Waals surface area contributed by atoms with E-state index in [-0.39, 0.29) is 34.5 Å². The van der Waals surface area contributed by atoms with Crippen LogP contribution in [0, 0.1) is 0 Å². The van der Waals surface area contributed by atoms with Gasteiger partial charge in [-0.1, -0.05) is 155 Å². The van der Waals surface area contributed by atoms with Crippen molar-refractivity contribution in [2.45, 2.75) is 44.9 Å². The minimum Gasteiger partial charge on any atom is -0.507 e. The van der Waals surface area contributed by atoms with Crippen molar-refractivity contribution in [3.63, 3.8) is 0 Å². The van der Waals surface area contributed by atoms with Crippen molar-refractivity contribution in [1.29, 1.82) is 0 Å². The van der Waals surface area contributed by atoms with Gasteiger partial charge in [-0.2, -0.15) is 0 Å². The molecule has 0 aliphatic carbocycles. The van der Waals surface area contributed by atoms with Crippen LogP contribution >= 0.6 is 0 Å². The van der Waals surface area contributed by atoms with E-state index in [1.54, 1.807) is 12.1 Å². The number of aromatic hydroxyl groups is 1. The van der Waals surface area contributed by atoms with Gasteiger partial charge in [-0.15, -0.1) is 0 Å². The highest BCUT2D eigenvalue weighted by Gasteiger charge is 2.31. The number of carboxylic acids is 1. The summed E-state index contributed by atoms with van der Waals surface area (Å²) in [6, 6.07) is 46.0. The highest BCUT2D eigenvalue weighted by molar-refractivity contribution is 6.00. The Hall–Kier alpha value is -5.94. The molecule has 2 atom stereocenters. The van der Waals surface area contributed by atoms with Crippen LogP contribution in [0.15, 0.2) is 146 Å². The molecule has 0 radical (unpaired) electrons. The number of carboxylic acid groups (broad SMARTS) is 1. The molecule has 0 aromatic heterocycles. The molecule has 0 saturated heterocycles. The summed E-state index contributed by atoms with van der Waals surface area (Å²) in [5.74, 6) is -2.72. The summed E-state index contributed by atoms with van der Waals surface area (Å²) in [6.07, 6.45) is 0. The van der Waals surface area contributed by atoms with Gasteiger partial charge in [0.05, 0.1) is 0 Å². The number of aromatic carboxylic acids is 1. The van der Waals surface area contributed by atoms with E-state index in [0.29, 0.717) is 16.7 Å². The van der Waals surface area contributed by atoms with Crippen LogP contribution in [-0.4, -0.2) is 22.2 Å². The lowest BCUT2D eigenvalue weighted by atomic mass is 9.76. The maximum atomic E-state index is 14.3. The second-order valence-electron chi connectivity index (χ2n) is 13.2. The Bertz CT molecular complexity index is 2120. The van der Waals surface area contributed by atoms with Gasteiger partial charge in [-0.25, -0.2) is 9.59 Å². The van der Waals surface area contributed by atoms with Gasteiger partial charge in [0.25, 0.3) is 0 Å². The molecule has 0 aliphatic heterocycles. The fourth-order valence-electron chi connectivity index (χ4n) is 6.53. The molecule has 2 N–H and O–H groups in total. The number of ether oxygens (including phenoxy) is 1. The molecule has 5 heteroatoms. The van der Waals surface area contributed by atoms with Gasteiger partial charge in [0, 0.05) is 28.4 Å².